The molecule has 12 aromatic rings. The second kappa shape index (κ2) is 13.9. The van der Waals surface area contributed by atoms with Gasteiger partial charge < -0.3 is 19.4 Å². The number of fused-ring (bicyclic) bond motifs is 9. The van der Waals surface area contributed by atoms with Gasteiger partial charge >= 0.3 is 0 Å². The standard InChI is InChI=1S/C56H34N6/c57-33-35-9-13-37(14-10-35)39-17-25-45-47-27-23-43(31-53(47)59-51(45)29-39)61(41-19-21-42(22-20-41)62-55-7-3-1-5-49(55)50-6-2-4-8-56(50)62)44-24-28-48-46-26-18-40(30-52(46)60-54(48)32-44)38-15-11-36(34-58)12-16-38/h1-32,59-60H. The maximum Gasteiger partial charge on any atom is 0.0991 e. The van der Waals surface area contributed by atoms with E-state index in [1.807, 2.05) is 48.5 Å². The summed E-state index contributed by atoms with van der Waals surface area (Å²) >= 11 is 0. The Morgan fingerprint density at radius 2 is 0.742 bits per heavy atom. The Hall–Kier alpha value is -8.84. The molecule has 6 nitrogen and oxygen atoms in total. The van der Waals surface area contributed by atoms with Gasteiger partial charge in [0.2, 0.25) is 0 Å². The summed E-state index contributed by atoms with van der Waals surface area (Å²) in [7, 11) is 0. The number of anilines is 3. The molecule has 0 radical (unpaired) electrons. The molecule has 0 atom stereocenters. The maximum atomic E-state index is 9.32. The zero-order chi connectivity index (χ0) is 41.3. The minimum atomic E-state index is 0.649. The van der Waals surface area contributed by atoms with Gasteiger partial charge in [0.15, 0.2) is 0 Å². The fourth-order valence-corrected chi connectivity index (χ4v) is 9.31. The number of benzene rings is 9. The number of nitrogens with one attached hydrogen (secondary N) is 2. The van der Waals surface area contributed by atoms with E-state index in [4.69, 9.17) is 0 Å². The van der Waals surface area contributed by atoms with Crippen molar-refractivity contribution < 1.29 is 0 Å². The van der Waals surface area contributed by atoms with Crippen LogP contribution in [-0.4, -0.2) is 14.5 Å². The van der Waals surface area contributed by atoms with E-state index in [9.17, 15) is 10.5 Å². The second-order valence-corrected chi connectivity index (χ2v) is 15.8. The summed E-state index contributed by atoms with van der Waals surface area (Å²) < 4.78 is 2.35. The van der Waals surface area contributed by atoms with Gasteiger partial charge in [0.05, 0.1) is 34.3 Å². The van der Waals surface area contributed by atoms with Crippen LogP contribution in [0.1, 0.15) is 11.1 Å². The molecule has 12 rings (SSSR count). The third-order valence-corrected chi connectivity index (χ3v) is 12.3. The van der Waals surface area contributed by atoms with Crippen LogP contribution in [-0.2, 0) is 0 Å². The van der Waals surface area contributed by atoms with Crippen molar-refractivity contribution in [2.75, 3.05) is 4.90 Å². The van der Waals surface area contributed by atoms with Crippen molar-refractivity contribution in [3.05, 3.63) is 205 Å². The number of hydrogen-bond acceptors (Lipinski definition) is 3. The smallest absolute Gasteiger partial charge is 0.0991 e. The molecule has 3 heterocycles. The van der Waals surface area contributed by atoms with Gasteiger partial charge in [0.1, 0.15) is 0 Å². The average molecular weight is 791 g/mol. The first-order valence-electron chi connectivity index (χ1n) is 20.6. The molecule has 3 aromatic heterocycles. The van der Waals surface area contributed by atoms with Crippen LogP contribution in [0.2, 0.25) is 0 Å². The van der Waals surface area contributed by atoms with E-state index < -0.39 is 0 Å². The van der Waals surface area contributed by atoms with E-state index in [0.717, 1.165) is 88.6 Å². The summed E-state index contributed by atoms with van der Waals surface area (Å²) in [5.41, 5.74) is 16.4. The summed E-state index contributed by atoms with van der Waals surface area (Å²) in [5, 5.41) is 25.7. The summed E-state index contributed by atoms with van der Waals surface area (Å²) in [6, 6.07) is 72.4. The predicted molar refractivity (Wildman–Crippen MR) is 254 cm³/mol. The largest absolute Gasteiger partial charge is 0.354 e. The first-order valence-corrected chi connectivity index (χ1v) is 20.6. The third kappa shape index (κ3) is 5.63. The first-order chi connectivity index (χ1) is 30.6. The maximum absolute atomic E-state index is 9.32. The minimum Gasteiger partial charge on any atom is -0.354 e. The fraction of sp³-hybridized carbons (Fsp3) is 0. The monoisotopic (exact) mass is 790 g/mol. The van der Waals surface area contributed by atoms with Crippen molar-refractivity contribution >= 4 is 82.5 Å². The molecule has 2 N–H and O–H groups in total. The van der Waals surface area contributed by atoms with Crippen LogP contribution in [0, 0.1) is 22.7 Å². The molecule has 0 aliphatic carbocycles. The molecular formula is C56H34N6. The van der Waals surface area contributed by atoms with Crippen molar-refractivity contribution in [3.63, 3.8) is 0 Å². The number of rotatable bonds is 6. The summed E-state index contributed by atoms with van der Waals surface area (Å²) in [5.74, 6) is 0. The fourth-order valence-electron chi connectivity index (χ4n) is 9.31. The lowest BCUT2D eigenvalue weighted by Gasteiger charge is -2.26. The van der Waals surface area contributed by atoms with E-state index in [0.29, 0.717) is 11.1 Å². The van der Waals surface area contributed by atoms with Crippen LogP contribution >= 0.6 is 0 Å². The SMILES string of the molecule is N#Cc1ccc(-c2ccc3c(c2)[nH]c2cc(N(c4ccc(-n5c6ccccc6c6ccccc65)cc4)c4ccc5c(c4)[nH]c4cc(-c6ccc(C#N)cc6)ccc45)ccc23)cc1. The van der Waals surface area contributed by atoms with E-state index >= 15 is 0 Å². The number of nitriles is 2. The highest BCUT2D eigenvalue weighted by atomic mass is 15.1. The molecule has 62 heavy (non-hydrogen) atoms. The molecule has 0 amide bonds. The summed E-state index contributed by atoms with van der Waals surface area (Å²) in [4.78, 5) is 9.81. The lowest BCUT2D eigenvalue weighted by Crippen LogP contribution is -2.10. The molecule has 0 fully saturated rings. The highest BCUT2D eigenvalue weighted by Crippen LogP contribution is 2.41. The van der Waals surface area contributed by atoms with Gasteiger partial charge in [-0.05, 0) is 119 Å². The molecule has 0 bridgehead atoms. The Kier molecular flexibility index (Phi) is 7.87. The van der Waals surface area contributed by atoms with Crippen molar-refractivity contribution in [1.29, 1.82) is 10.5 Å². The molecular weight excluding hydrogens is 757 g/mol. The number of H-pyrrole nitrogens is 2. The van der Waals surface area contributed by atoms with Crippen molar-refractivity contribution in [2.45, 2.75) is 0 Å². The molecule has 0 unspecified atom stereocenters. The van der Waals surface area contributed by atoms with Gasteiger partial charge in [-0.2, -0.15) is 10.5 Å². The molecule has 0 spiro atoms. The van der Waals surface area contributed by atoms with Crippen LogP contribution < -0.4 is 4.90 Å². The normalized spacial score (nSPS) is 11.5. The lowest BCUT2D eigenvalue weighted by molar-refractivity contribution is 1.17. The zero-order valence-electron chi connectivity index (χ0n) is 33.3. The highest BCUT2D eigenvalue weighted by molar-refractivity contribution is 6.12. The average Bonchev–Trinajstić information content (AvgIpc) is 4.00. The number of nitrogens with zero attached hydrogens (tertiary/aromatic N) is 4. The van der Waals surface area contributed by atoms with Gasteiger partial charge in [-0.25, -0.2) is 0 Å². The van der Waals surface area contributed by atoms with Gasteiger partial charge in [-0.1, -0.05) is 97.1 Å². The van der Waals surface area contributed by atoms with E-state index in [-0.39, 0.29) is 0 Å². The molecule has 0 aliphatic heterocycles. The first kappa shape index (κ1) is 35.1. The molecule has 0 aliphatic rings. The Labute approximate surface area is 356 Å². The number of para-hydroxylation sites is 2. The van der Waals surface area contributed by atoms with Crippen LogP contribution in [0.5, 0.6) is 0 Å². The van der Waals surface area contributed by atoms with Crippen molar-refractivity contribution in [2.24, 2.45) is 0 Å². The van der Waals surface area contributed by atoms with Crippen LogP contribution in [0.25, 0.3) is 93.4 Å². The summed E-state index contributed by atoms with van der Waals surface area (Å²) in [6.45, 7) is 0. The van der Waals surface area contributed by atoms with Crippen molar-refractivity contribution in [3.8, 4) is 40.1 Å². The molecule has 0 saturated heterocycles. The number of hydrogen-bond donors (Lipinski definition) is 2. The van der Waals surface area contributed by atoms with E-state index in [2.05, 4.69) is 177 Å². The zero-order valence-corrected chi connectivity index (χ0v) is 33.3. The number of aromatic nitrogens is 3. The highest BCUT2D eigenvalue weighted by Gasteiger charge is 2.18. The van der Waals surface area contributed by atoms with Gasteiger partial charge in [-0.15, -0.1) is 0 Å². The van der Waals surface area contributed by atoms with Gasteiger partial charge in [0.25, 0.3) is 0 Å². The Morgan fingerprint density at radius 3 is 1.19 bits per heavy atom. The van der Waals surface area contributed by atoms with E-state index in [1.165, 1.54) is 21.8 Å². The lowest BCUT2D eigenvalue weighted by atomic mass is 10.0. The molecule has 9 aromatic carbocycles. The predicted octanol–water partition coefficient (Wildman–Crippen LogP) is 14.6. The van der Waals surface area contributed by atoms with Crippen LogP contribution in [0.3, 0.4) is 0 Å². The van der Waals surface area contributed by atoms with E-state index in [1.54, 1.807) is 0 Å². The second-order valence-electron chi connectivity index (χ2n) is 15.8. The Bertz CT molecular complexity index is 3590. The quantitative estimate of drug-likeness (QED) is 0.176. The summed E-state index contributed by atoms with van der Waals surface area (Å²) in [6.07, 6.45) is 0. The molecule has 0 saturated carbocycles. The Balaban J connectivity index is 0.988. The van der Waals surface area contributed by atoms with Crippen molar-refractivity contribution in [1.82, 2.24) is 14.5 Å². The topological polar surface area (TPSA) is 87.3 Å². The third-order valence-electron chi connectivity index (χ3n) is 12.3. The Morgan fingerprint density at radius 1 is 0.355 bits per heavy atom. The molecule has 288 valence electrons. The minimum absolute atomic E-state index is 0.649. The molecule has 6 heteroatoms. The van der Waals surface area contributed by atoms with Gasteiger partial charge in [-0.3, -0.25) is 0 Å². The van der Waals surface area contributed by atoms with Gasteiger partial charge in [0, 0.05) is 77.1 Å². The van der Waals surface area contributed by atoms with Crippen LogP contribution in [0.15, 0.2) is 194 Å². The van der Waals surface area contributed by atoms with Crippen LogP contribution in [0.4, 0.5) is 17.1 Å². The number of aromatic amines is 2.